The molecule has 3 aromatic rings. The molecule has 0 saturated heterocycles. The molecule has 19 heavy (non-hydrogen) atoms. The van der Waals surface area contributed by atoms with Crippen LogP contribution >= 0.6 is 22.9 Å². The molecule has 0 aliphatic heterocycles. The number of halogens is 1. The van der Waals surface area contributed by atoms with Gasteiger partial charge in [0, 0.05) is 23.4 Å². The summed E-state index contributed by atoms with van der Waals surface area (Å²) in [5, 5.41) is 5.09. The number of hydrogen-bond donors (Lipinski definition) is 1. The van der Waals surface area contributed by atoms with E-state index in [2.05, 4.69) is 20.1 Å². The van der Waals surface area contributed by atoms with Crippen molar-refractivity contribution in [3.63, 3.8) is 0 Å². The smallest absolute Gasteiger partial charge is 0.254 e. The normalized spacial score (nSPS) is 11.3. The second kappa shape index (κ2) is 4.43. The first-order chi connectivity index (χ1) is 9.04. The summed E-state index contributed by atoms with van der Waals surface area (Å²) < 4.78 is 2.34. The Morgan fingerprint density at radius 3 is 2.84 bits per heavy atom. The van der Waals surface area contributed by atoms with Crippen molar-refractivity contribution in [2.75, 3.05) is 5.73 Å². The highest BCUT2D eigenvalue weighted by Crippen LogP contribution is 2.23. The summed E-state index contributed by atoms with van der Waals surface area (Å²) in [4.78, 5) is 12.8. The van der Waals surface area contributed by atoms with Crippen LogP contribution in [0.5, 0.6) is 0 Å². The van der Waals surface area contributed by atoms with Crippen LogP contribution in [0.1, 0.15) is 22.0 Å². The summed E-state index contributed by atoms with van der Waals surface area (Å²) in [6, 6.07) is 0. The molecule has 0 spiro atoms. The lowest BCUT2D eigenvalue weighted by molar-refractivity contribution is 0.857. The molecule has 6 nitrogen and oxygen atoms in total. The maximum atomic E-state index is 5.90. The number of hydrogen-bond acceptors (Lipinski definition) is 6. The minimum Gasteiger partial charge on any atom is -0.366 e. The quantitative estimate of drug-likeness (QED) is 0.782. The average molecular weight is 295 g/mol. The SMILES string of the molecule is Cc1nc2nc(N)nn2c(C)c1Cc1ncc(Cl)s1. The number of rotatable bonds is 2. The molecule has 0 radical (unpaired) electrons. The summed E-state index contributed by atoms with van der Waals surface area (Å²) >= 11 is 7.37. The molecule has 0 atom stereocenters. The van der Waals surface area contributed by atoms with E-state index in [0.29, 0.717) is 16.5 Å². The Bertz CT molecular complexity index is 762. The average Bonchev–Trinajstić information content (AvgIpc) is 2.90. The number of nitrogens with two attached hydrogens (primary N) is 1. The van der Waals surface area contributed by atoms with Crippen LogP contribution in [0.3, 0.4) is 0 Å². The number of anilines is 1. The number of fused-ring (bicyclic) bond motifs is 1. The van der Waals surface area contributed by atoms with E-state index < -0.39 is 0 Å². The van der Waals surface area contributed by atoms with Crippen LogP contribution in [0.4, 0.5) is 5.95 Å². The number of nitrogen functional groups attached to an aromatic ring is 1. The molecule has 0 unspecified atom stereocenters. The molecule has 98 valence electrons. The van der Waals surface area contributed by atoms with Gasteiger partial charge in [-0.3, -0.25) is 0 Å². The van der Waals surface area contributed by atoms with Crippen molar-refractivity contribution in [3.05, 3.63) is 32.5 Å². The predicted octanol–water partition coefficient (Wildman–Crippen LogP) is 2.02. The second-order valence-corrected chi connectivity index (χ2v) is 5.92. The third-order valence-corrected chi connectivity index (χ3v) is 4.03. The van der Waals surface area contributed by atoms with Crippen LogP contribution in [0.2, 0.25) is 4.34 Å². The molecule has 0 aliphatic carbocycles. The second-order valence-electron chi connectivity index (χ2n) is 4.18. The first-order valence-electron chi connectivity index (χ1n) is 5.63. The summed E-state index contributed by atoms with van der Waals surface area (Å²) in [5.74, 6) is 0.748. The van der Waals surface area contributed by atoms with Crippen molar-refractivity contribution in [2.45, 2.75) is 20.3 Å². The van der Waals surface area contributed by atoms with Crippen LogP contribution < -0.4 is 5.73 Å². The first kappa shape index (κ1) is 12.3. The van der Waals surface area contributed by atoms with Crippen LogP contribution in [0, 0.1) is 13.8 Å². The maximum absolute atomic E-state index is 5.90. The Labute approximate surface area is 118 Å². The lowest BCUT2D eigenvalue weighted by Crippen LogP contribution is -2.06. The van der Waals surface area contributed by atoms with Gasteiger partial charge in [-0.2, -0.15) is 9.50 Å². The van der Waals surface area contributed by atoms with E-state index in [0.717, 1.165) is 22.0 Å². The van der Waals surface area contributed by atoms with E-state index in [1.807, 2.05) is 13.8 Å². The topological polar surface area (TPSA) is 82.0 Å². The molecule has 0 saturated carbocycles. The molecule has 3 rings (SSSR count). The summed E-state index contributed by atoms with van der Waals surface area (Å²) in [5.41, 5.74) is 8.55. The highest BCUT2D eigenvalue weighted by atomic mass is 35.5. The number of thiazole rings is 1. The summed E-state index contributed by atoms with van der Waals surface area (Å²) in [6.07, 6.45) is 2.34. The molecule has 0 amide bonds. The lowest BCUT2D eigenvalue weighted by atomic mass is 10.1. The zero-order valence-corrected chi connectivity index (χ0v) is 12.0. The summed E-state index contributed by atoms with van der Waals surface area (Å²) in [6.45, 7) is 3.92. The fraction of sp³-hybridized carbons (Fsp3) is 0.273. The van der Waals surface area contributed by atoms with Gasteiger partial charge in [-0.25, -0.2) is 9.97 Å². The van der Waals surface area contributed by atoms with E-state index in [4.69, 9.17) is 17.3 Å². The van der Waals surface area contributed by atoms with E-state index in [1.165, 1.54) is 11.3 Å². The van der Waals surface area contributed by atoms with Gasteiger partial charge >= 0.3 is 0 Å². The third-order valence-electron chi connectivity index (χ3n) is 2.92. The number of aryl methyl sites for hydroxylation is 2. The minimum absolute atomic E-state index is 0.226. The van der Waals surface area contributed by atoms with Crippen molar-refractivity contribution in [2.24, 2.45) is 0 Å². The fourth-order valence-corrected chi connectivity index (χ4v) is 2.97. The zero-order valence-electron chi connectivity index (χ0n) is 10.4. The Hall–Kier alpha value is -1.73. The number of nitrogens with zero attached hydrogens (tertiary/aromatic N) is 5. The van der Waals surface area contributed by atoms with Gasteiger partial charge in [0.05, 0.1) is 11.2 Å². The van der Waals surface area contributed by atoms with Gasteiger partial charge in [-0.05, 0) is 13.8 Å². The Balaban J connectivity index is 2.12. The van der Waals surface area contributed by atoms with Gasteiger partial charge in [0.1, 0.15) is 4.34 Å². The molecule has 3 heterocycles. The molecule has 3 aromatic heterocycles. The molecule has 0 aliphatic rings. The van der Waals surface area contributed by atoms with E-state index in [-0.39, 0.29) is 5.95 Å². The Morgan fingerprint density at radius 2 is 2.16 bits per heavy atom. The largest absolute Gasteiger partial charge is 0.366 e. The standard InChI is InChI=1S/C11H11ClN6S/c1-5-7(3-9-14-4-8(12)19-9)6(2)18-11(15-5)16-10(13)17-18/h4H,3H2,1-2H3,(H2,13,17). The molecule has 8 heteroatoms. The van der Waals surface area contributed by atoms with Crippen LogP contribution in [-0.2, 0) is 6.42 Å². The van der Waals surface area contributed by atoms with Gasteiger partial charge in [0.25, 0.3) is 5.78 Å². The van der Waals surface area contributed by atoms with Crippen LogP contribution in [0.15, 0.2) is 6.20 Å². The van der Waals surface area contributed by atoms with Gasteiger partial charge in [-0.15, -0.1) is 16.4 Å². The van der Waals surface area contributed by atoms with Crippen molar-refractivity contribution >= 4 is 34.7 Å². The highest BCUT2D eigenvalue weighted by Gasteiger charge is 2.14. The predicted molar refractivity (Wildman–Crippen MR) is 74.6 cm³/mol. The van der Waals surface area contributed by atoms with Crippen molar-refractivity contribution in [1.82, 2.24) is 24.6 Å². The van der Waals surface area contributed by atoms with Gasteiger partial charge < -0.3 is 5.73 Å². The van der Waals surface area contributed by atoms with E-state index >= 15 is 0 Å². The summed E-state index contributed by atoms with van der Waals surface area (Å²) in [7, 11) is 0. The van der Waals surface area contributed by atoms with Crippen LogP contribution in [0.25, 0.3) is 5.78 Å². The molecule has 0 fully saturated rings. The minimum atomic E-state index is 0.226. The van der Waals surface area contributed by atoms with Gasteiger partial charge in [0.15, 0.2) is 0 Å². The molecular formula is C11H11ClN6S. The van der Waals surface area contributed by atoms with Crippen molar-refractivity contribution in [1.29, 1.82) is 0 Å². The maximum Gasteiger partial charge on any atom is 0.254 e. The van der Waals surface area contributed by atoms with Crippen molar-refractivity contribution < 1.29 is 0 Å². The molecule has 0 aromatic carbocycles. The monoisotopic (exact) mass is 294 g/mol. The molecule has 2 N–H and O–H groups in total. The van der Waals surface area contributed by atoms with Crippen LogP contribution in [-0.4, -0.2) is 24.6 Å². The zero-order chi connectivity index (χ0) is 13.6. The molecule has 0 bridgehead atoms. The lowest BCUT2D eigenvalue weighted by Gasteiger charge is -2.08. The highest BCUT2D eigenvalue weighted by molar-refractivity contribution is 7.15. The van der Waals surface area contributed by atoms with Gasteiger partial charge in [-0.1, -0.05) is 11.6 Å². The Morgan fingerprint density at radius 1 is 1.37 bits per heavy atom. The van der Waals surface area contributed by atoms with E-state index in [1.54, 1.807) is 10.7 Å². The first-order valence-corrected chi connectivity index (χ1v) is 6.82. The Kier molecular flexibility index (Phi) is 2.87. The molecular weight excluding hydrogens is 284 g/mol. The van der Waals surface area contributed by atoms with Gasteiger partial charge in [0.2, 0.25) is 5.95 Å². The number of aromatic nitrogens is 5. The third kappa shape index (κ3) is 2.15. The van der Waals surface area contributed by atoms with E-state index in [9.17, 15) is 0 Å². The van der Waals surface area contributed by atoms with Crippen molar-refractivity contribution in [3.8, 4) is 0 Å². The fourth-order valence-electron chi connectivity index (χ4n) is 2.00.